The standard InChI is InChI=1S/C27H25ClN4O4/c1-17(2)27(35)36-15-14-29-25(33)13-8-18-6-9-19(10-7-18)21-4-3-5-24(26(21)34)32-30-22-12-11-20(28)16-23(22)31-32/h3-7,9-12,16,34H,1,8,13-15H2,2H3,(H,29,33). The molecule has 4 rings (SSSR count). The maximum absolute atomic E-state index is 12.1. The van der Waals surface area contributed by atoms with Gasteiger partial charge in [0.15, 0.2) is 5.75 Å². The summed E-state index contributed by atoms with van der Waals surface area (Å²) >= 11 is 6.04. The fraction of sp³-hybridized carbons (Fsp3) is 0.185. The van der Waals surface area contributed by atoms with Gasteiger partial charge in [-0.15, -0.1) is 15.0 Å². The Hall–Kier alpha value is -4.17. The number of aromatic nitrogens is 3. The molecule has 1 aromatic heterocycles. The molecule has 0 bridgehead atoms. The fourth-order valence-electron chi connectivity index (χ4n) is 3.58. The highest BCUT2D eigenvalue weighted by Gasteiger charge is 2.14. The van der Waals surface area contributed by atoms with Crippen LogP contribution in [0.4, 0.5) is 0 Å². The van der Waals surface area contributed by atoms with Gasteiger partial charge in [0.1, 0.15) is 23.3 Å². The van der Waals surface area contributed by atoms with E-state index in [9.17, 15) is 14.7 Å². The molecule has 1 amide bonds. The lowest BCUT2D eigenvalue weighted by atomic mass is 10.0. The Bertz CT molecular complexity index is 1430. The summed E-state index contributed by atoms with van der Waals surface area (Å²) < 4.78 is 4.95. The van der Waals surface area contributed by atoms with E-state index in [4.69, 9.17) is 16.3 Å². The number of carbonyl (C=O) groups excluding carboxylic acids is 2. The quantitative estimate of drug-likeness (QED) is 0.196. The van der Waals surface area contributed by atoms with Gasteiger partial charge in [-0.25, -0.2) is 4.79 Å². The van der Waals surface area contributed by atoms with E-state index in [-0.39, 0.29) is 24.8 Å². The van der Waals surface area contributed by atoms with Gasteiger partial charge in [-0.05, 0) is 48.7 Å². The van der Waals surface area contributed by atoms with Crippen molar-refractivity contribution in [3.8, 4) is 22.6 Å². The van der Waals surface area contributed by atoms with Crippen LogP contribution in [0.15, 0.2) is 72.8 Å². The monoisotopic (exact) mass is 504 g/mol. The number of benzene rings is 3. The molecular weight excluding hydrogens is 480 g/mol. The number of phenolic OH excluding ortho intramolecular Hbond substituents is 1. The van der Waals surface area contributed by atoms with Gasteiger partial charge in [0.2, 0.25) is 5.91 Å². The second kappa shape index (κ2) is 11.0. The molecule has 0 aliphatic heterocycles. The zero-order valence-electron chi connectivity index (χ0n) is 19.7. The van der Waals surface area contributed by atoms with Crippen molar-refractivity contribution >= 4 is 34.5 Å². The van der Waals surface area contributed by atoms with Gasteiger partial charge in [-0.3, -0.25) is 4.79 Å². The molecule has 0 saturated heterocycles. The molecule has 0 radical (unpaired) electrons. The van der Waals surface area contributed by atoms with Crippen molar-refractivity contribution in [3.63, 3.8) is 0 Å². The van der Waals surface area contributed by atoms with E-state index in [2.05, 4.69) is 22.1 Å². The summed E-state index contributed by atoms with van der Waals surface area (Å²) in [5.74, 6) is -0.542. The van der Waals surface area contributed by atoms with Gasteiger partial charge < -0.3 is 15.2 Å². The number of amides is 1. The minimum atomic E-state index is -0.472. The summed E-state index contributed by atoms with van der Waals surface area (Å²) in [6, 6.07) is 18.3. The van der Waals surface area contributed by atoms with Crippen molar-refractivity contribution < 1.29 is 19.4 Å². The van der Waals surface area contributed by atoms with Crippen LogP contribution in [0.2, 0.25) is 5.02 Å². The summed E-state index contributed by atoms with van der Waals surface area (Å²) in [6.45, 7) is 5.43. The number of para-hydroxylation sites is 1. The van der Waals surface area contributed by atoms with Crippen molar-refractivity contribution in [1.82, 2.24) is 20.3 Å². The van der Waals surface area contributed by atoms with Gasteiger partial charge in [-0.2, -0.15) is 0 Å². The fourth-order valence-corrected chi connectivity index (χ4v) is 3.74. The van der Waals surface area contributed by atoms with E-state index in [1.165, 1.54) is 4.80 Å². The Labute approximate surface area is 213 Å². The lowest BCUT2D eigenvalue weighted by Crippen LogP contribution is -2.28. The summed E-state index contributed by atoms with van der Waals surface area (Å²) in [5, 5.41) is 23.1. The minimum absolute atomic E-state index is 0.0587. The number of esters is 1. The van der Waals surface area contributed by atoms with E-state index in [1.807, 2.05) is 36.4 Å². The number of aromatic hydroxyl groups is 1. The van der Waals surface area contributed by atoms with Gasteiger partial charge in [-0.1, -0.05) is 54.6 Å². The van der Waals surface area contributed by atoms with E-state index in [1.54, 1.807) is 31.2 Å². The Kier molecular flexibility index (Phi) is 7.65. The van der Waals surface area contributed by atoms with Crippen LogP contribution >= 0.6 is 11.6 Å². The number of hydrogen-bond donors (Lipinski definition) is 2. The zero-order chi connectivity index (χ0) is 25.7. The molecule has 4 aromatic rings. The Morgan fingerprint density at radius 3 is 2.58 bits per heavy atom. The molecule has 1 heterocycles. The van der Waals surface area contributed by atoms with Crippen LogP contribution in [0.3, 0.4) is 0 Å². The van der Waals surface area contributed by atoms with Crippen LogP contribution in [0.5, 0.6) is 5.75 Å². The molecule has 0 aliphatic rings. The number of nitrogens with zero attached hydrogens (tertiary/aromatic N) is 3. The van der Waals surface area contributed by atoms with E-state index >= 15 is 0 Å². The molecule has 2 N–H and O–H groups in total. The number of aryl methyl sites for hydroxylation is 1. The number of nitrogens with one attached hydrogen (secondary N) is 1. The highest BCUT2D eigenvalue weighted by Crippen LogP contribution is 2.34. The average Bonchev–Trinajstić information content (AvgIpc) is 3.28. The molecule has 184 valence electrons. The Morgan fingerprint density at radius 1 is 1.08 bits per heavy atom. The SMILES string of the molecule is C=C(C)C(=O)OCCNC(=O)CCc1ccc(-c2cccc(-n3nc4ccc(Cl)cc4n3)c2O)cc1. The second-order valence-corrected chi connectivity index (χ2v) is 8.70. The topological polar surface area (TPSA) is 106 Å². The second-order valence-electron chi connectivity index (χ2n) is 8.26. The number of hydrogen-bond acceptors (Lipinski definition) is 6. The van der Waals surface area contributed by atoms with Crippen molar-refractivity contribution in [3.05, 3.63) is 83.4 Å². The maximum Gasteiger partial charge on any atom is 0.333 e. The Balaban J connectivity index is 1.38. The molecule has 0 unspecified atom stereocenters. The summed E-state index contributed by atoms with van der Waals surface area (Å²) in [6.07, 6.45) is 0.854. The van der Waals surface area contributed by atoms with E-state index in [0.717, 1.165) is 11.1 Å². The molecule has 0 saturated carbocycles. The first kappa shape index (κ1) is 24.9. The first-order chi connectivity index (χ1) is 17.3. The average molecular weight is 505 g/mol. The van der Waals surface area contributed by atoms with Crippen LogP contribution in [0.1, 0.15) is 18.9 Å². The molecule has 36 heavy (non-hydrogen) atoms. The Morgan fingerprint density at radius 2 is 1.83 bits per heavy atom. The zero-order valence-corrected chi connectivity index (χ0v) is 20.5. The molecule has 3 aromatic carbocycles. The van der Waals surface area contributed by atoms with Crippen molar-refractivity contribution in [2.24, 2.45) is 0 Å². The van der Waals surface area contributed by atoms with Crippen LogP contribution in [-0.2, 0) is 20.7 Å². The first-order valence-corrected chi connectivity index (χ1v) is 11.7. The number of fused-ring (bicyclic) bond motifs is 1. The molecule has 0 fully saturated rings. The van der Waals surface area contributed by atoms with Crippen molar-refractivity contribution in [2.45, 2.75) is 19.8 Å². The normalized spacial score (nSPS) is 10.8. The predicted molar refractivity (Wildman–Crippen MR) is 138 cm³/mol. The molecule has 8 nitrogen and oxygen atoms in total. The number of carbonyl (C=O) groups is 2. The number of halogens is 1. The van der Waals surface area contributed by atoms with Gasteiger partial charge in [0.05, 0.1) is 6.54 Å². The largest absolute Gasteiger partial charge is 0.505 e. The molecular formula is C27H25ClN4O4. The highest BCUT2D eigenvalue weighted by molar-refractivity contribution is 6.31. The molecule has 0 spiro atoms. The number of rotatable bonds is 9. The van der Waals surface area contributed by atoms with Crippen LogP contribution in [-0.4, -0.2) is 45.1 Å². The van der Waals surface area contributed by atoms with Gasteiger partial charge >= 0.3 is 5.97 Å². The first-order valence-electron chi connectivity index (χ1n) is 11.4. The van der Waals surface area contributed by atoms with Gasteiger partial charge in [0, 0.05) is 22.6 Å². The smallest absolute Gasteiger partial charge is 0.333 e. The van der Waals surface area contributed by atoms with Crippen molar-refractivity contribution in [1.29, 1.82) is 0 Å². The van der Waals surface area contributed by atoms with Crippen molar-refractivity contribution in [2.75, 3.05) is 13.2 Å². The van der Waals surface area contributed by atoms with Crippen LogP contribution < -0.4 is 5.32 Å². The molecule has 0 atom stereocenters. The molecule has 0 aliphatic carbocycles. The van der Waals surface area contributed by atoms with Crippen LogP contribution in [0.25, 0.3) is 27.8 Å². The maximum atomic E-state index is 12.1. The predicted octanol–water partition coefficient (Wildman–Crippen LogP) is 4.61. The molecule has 9 heteroatoms. The van der Waals surface area contributed by atoms with Crippen LogP contribution in [0, 0.1) is 0 Å². The van der Waals surface area contributed by atoms with E-state index < -0.39 is 5.97 Å². The third-order valence-electron chi connectivity index (χ3n) is 5.48. The third-order valence-corrected chi connectivity index (χ3v) is 5.72. The van der Waals surface area contributed by atoms with Gasteiger partial charge in [0.25, 0.3) is 0 Å². The lowest BCUT2D eigenvalue weighted by molar-refractivity contribution is -0.139. The lowest BCUT2D eigenvalue weighted by Gasteiger charge is -2.10. The minimum Gasteiger partial charge on any atom is -0.505 e. The summed E-state index contributed by atoms with van der Waals surface area (Å²) in [7, 11) is 0. The van der Waals surface area contributed by atoms with E-state index in [0.29, 0.717) is 45.7 Å². The summed E-state index contributed by atoms with van der Waals surface area (Å²) in [4.78, 5) is 24.8. The number of ether oxygens (including phenoxy) is 1. The third kappa shape index (κ3) is 5.90. The number of phenols is 1. The highest BCUT2D eigenvalue weighted by atomic mass is 35.5. The summed E-state index contributed by atoms with van der Waals surface area (Å²) in [5.41, 5.74) is 4.52.